The molecule has 1 fully saturated rings. The van der Waals surface area contributed by atoms with Crippen LogP contribution in [0.2, 0.25) is 0 Å². The molecular weight excluding hydrogens is 288 g/mol. The van der Waals surface area contributed by atoms with Gasteiger partial charge in [-0.05, 0) is 64.7 Å². The molecule has 1 aliphatic heterocycles. The number of anilines is 1. The SMILES string of the molecule is Cc1nn2cnnc2c(NCCCCN2CCCCCC2)c1C. The first kappa shape index (κ1) is 16.2. The van der Waals surface area contributed by atoms with E-state index in [9.17, 15) is 0 Å². The Balaban J connectivity index is 1.49. The first-order valence-electron chi connectivity index (χ1n) is 8.89. The summed E-state index contributed by atoms with van der Waals surface area (Å²) in [5, 5.41) is 16.2. The topological polar surface area (TPSA) is 58.4 Å². The Bertz CT molecular complexity index is 627. The largest absolute Gasteiger partial charge is 0.382 e. The van der Waals surface area contributed by atoms with Gasteiger partial charge in [-0.3, -0.25) is 0 Å². The Labute approximate surface area is 138 Å². The zero-order valence-electron chi connectivity index (χ0n) is 14.4. The predicted octanol–water partition coefficient (Wildman–Crippen LogP) is 2.81. The molecule has 0 atom stereocenters. The van der Waals surface area contributed by atoms with Crippen molar-refractivity contribution in [1.29, 1.82) is 0 Å². The van der Waals surface area contributed by atoms with Crippen molar-refractivity contribution in [2.45, 2.75) is 52.4 Å². The van der Waals surface area contributed by atoms with E-state index in [4.69, 9.17) is 0 Å². The average molecular weight is 316 g/mol. The van der Waals surface area contributed by atoms with Crippen LogP contribution in [-0.2, 0) is 0 Å². The van der Waals surface area contributed by atoms with E-state index in [2.05, 4.69) is 32.4 Å². The summed E-state index contributed by atoms with van der Waals surface area (Å²) in [5.41, 5.74) is 4.08. The smallest absolute Gasteiger partial charge is 0.200 e. The Kier molecular flexibility index (Phi) is 5.43. The van der Waals surface area contributed by atoms with Gasteiger partial charge in [0, 0.05) is 6.54 Å². The quantitative estimate of drug-likeness (QED) is 0.831. The molecule has 3 heterocycles. The maximum absolute atomic E-state index is 4.46. The van der Waals surface area contributed by atoms with Gasteiger partial charge in [-0.1, -0.05) is 12.8 Å². The van der Waals surface area contributed by atoms with E-state index in [1.54, 1.807) is 10.8 Å². The van der Waals surface area contributed by atoms with Gasteiger partial charge < -0.3 is 10.2 Å². The minimum atomic E-state index is 0.820. The van der Waals surface area contributed by atoms with Crippen LogP contribution in [0, 0.1) is 13.8 Å². The molecule has 3 rings (SSSR count). The Morgan fingerprint density at radius 2 is 1.87 bits per heavy atom. The fourth-order valence-electron chi connectivity index (χ4n) is 3.30. The van der Waals surface area contributed by atoms with Crippen molar-refractivity contribution in [3.63, 3.8) is 0 Å². The summed E-state index contributed by atoms with van der Waals surface area (Å²) >= 11 is 0. The summed E-state index contributed by atoms with van der Waals surface area (Å²) in [6, 6.07) is 0. The molecule has 0 saturated carbocycles. The lowest BCUT2D eigenvalue weighted by Crippen LogP contribution is -2.26. The number of fused-ring (bicyclic) bond motifs is 1. The highest BCUT2D eigenvalue weighted by molar-refractivity contribution is 5.70. The van der Waals surface area contributed by atoms with Gasteiger partial charge in [0.25, 0.3) is 0 Å². The van der Waals surface area contributed by atoms with Gasteiger partial charge >= 0.3 is 0 Å². The Hall–Kier alpha value is -1.69. The molecule has 2 aromatic heterocycles. The van der Waals surface area contributed by atoms with E-state index in [1.165, 1.54) is 58.2 Å². The van der Waals surface area contributed by atoms with E-state index >= 15 is 0 Å². The van der Waals surface area contributed by atoms with E-state index in [0.29, 0.717) is 0 Å². The minimum absolute atomic E-state index is 0.820. The van der Waals surface area contributed by atoms with Crippen molar-refractivity contribution in [2.75, 3.05) is 31.5 Å². The zero-order valence-corrected chi connectivity index (χ0v) is 14.4. The first-order chi connectivity index (χ1) is 11.3. The highest BCUT2D eigenvalue weighted by atomic mass is 15.3. The number of nitrogens with zero attached hydrogens (tertiary/aromatic N) is 5. The number of rotatable bonds is 6. The minimum Gasteiger partial charge on any atom is -0.382 e. The van der Waals surface area contributed by atoms with Gasteiger partial charge in [-0.25, -0.2) is 0 Å². The third kappa shape index (κ3) is 3.99. The maximum Gasteiger partial charge on any atom is 0.200 e. The maximum atomic E-state index is 4.46. The molecule has 1 aliphatic rings. The second-order valence-corrected chi connectivity index (χ2v) is 6.57. The molecule has 2 aromatic rings. The second kappa shape index (κ2) is 7.73. The summed E-state index contributed by atoms with van der Waals surface area (Å²) in [6.45, 7) is 8.90. The van der Waals surface area contributed by atoms with Gasteiger partial charge in [-0.2, -0.15) is 9.61 Å². The van der Waals surface area contributed by atoms with Crippen LogP contribution in [0.25, 0.3) is 5.65 Å². The molecule has 0 spiro atoms. The van der Waals surface area contributed by atoms with Gasteiger partial charge in [0.05, 0.1) is 11.4 Å². The molecule has 0 bridgehead atoms. The highest BCUT2D eigenvalue weighted by Gasteiger charge is 2.11. The lowest BCUT2D eigenvalue weighted by Gasteiger charge is -2.19. The first-order valence-corrected chi connectivity index (χ1v) is 8.89. The molecule has 1 saturated heterocycles. The molecule has 0 radical (unpaired) electrons. The van der Waals surface area contributed by atoms with E-state index < -0.39 is 0 Å². The van der Waals surface area contributed by atoms with Crippen LogP contribution in [0.3, 0.4) is 0 Å². The van der Waals surface area contributed by atoms with Crippen molar-refractivity contribution >= 4 is 11.3 Å². The third-order valence-corrected chi connectivity index (χ3v) is 4.83. The lowest BCUT2D eigenvalue weighted by molar-refractivity contribution is 0.280. The van der Waals surface area contributed by atoms with E-state index in [1.807, 2.05) is 6.92 Å². The van der Waals surface area contributed by atoms with Crippen molar-refractivity contribution in [2.24, 2.45) is 0 Å². The number of hydrogen-bond donors (Lipinski definition) is 1. The molecule has 126 valence electrons. The third-order valence-electron chi connectivity index (χ3n) is 4.83. The Morgan fingerprint density at radius 3 is 2.65 bits per heavy atom. The zero-order chi connectivity index (χ0) is 16.1. The van der Waals surface area contributed by atoms with E-state index in [-0.39, 0.29) is 0 Å². The lowest BCUT2D eigenvalue weighted by atomic mass is 10.2. The van der Waals surface area contributed by atoms with Crippen LogP contribution in [0.4, 0.5) is 5.69 Å². The van der Waals surface area contributed by atoms with Gasteiger partial charge in [0.15, 0.2) is 0 Å². The fourth-order valence-corrected chi connectivity index (χ4v) is 3.30. The summed E-state index contributed by atoms with van der Waals surface area (Å²) in [5.74, 6) is 0. The molecule has 0 aromatic carbocycles. The van der Waals surface area contributed by atoms with Crippen molar-refractivity contribution in [3.8, 4) is 0 Å². The van der Waals surface area contributed by atoms with Gasteiger partial charge in [-0.15, -0.1) is 10.2 Å². The highest BCUT2D eigenvalue weighted by Crippen LogP contribution is 2.21. The number of likely N-dealkylation sites (tertiary alicyclic amines) is 1. The normalized spacial score (nSPS) is 16.6. The number of hydrogen-bond acceptors (Lipinski definition) is 5. The van der Waals surface area contributed by atoms with Gasteiger partial charge in [0.2, 0.25) is 5.65 Å². The van der Waals surface area contributed by atoms with Crippen LogP contribution < -0.4 is 5.32 Å². The number of nitrogens with one attached hydrogen (secondary N) is 1. The average Bonchev–Trinajstić information content (AvgIpc) is 2.84. The monoisotopic (exact) mass is 316 g/mol. The van der Waals surface area contributed by atoms with E-state index in [0.717, 1.165) is 29.1 Å². The molecule has 23 heavy (non-hydrogen) atoms. The Morgan fingerprint density at radius 1 is 1.09 bits per heavy atom. The summed E-state index contributed by atoms with van der Waals surface area (Å²) in [4.78, 5) is 2.63. The fraction of sp³-hybridized carbons (Fsp3) is 0.706. The van der Waals surface area contributed by atoms with Crippen molar-refractivity contribution in [1.82, 2.24) is 24.7 Å². The molecule has 6 nitrogen and oxygen atoms in total. The summed E-state index contributed by atoms with van der Waals surface area (Å²) < 4.78 is 1.75. The molecule has 0 aliphatic carbocycles. The summed E-state index contributed by atoms with van der Waals surface area (Å²) in [6.07, 6.45) is 9.65. The van der Waals surface area contributed by atoms with Crippen LogP contribution in [0.1, 0.15) is 49.8 Å². The number of aryl methyl sites for hydroxylation is 1. The second-order valence-electron chi connectivity index (χ2n) is 6.57. The van der Waals surface area contributed by atoms with Crippen LogP contribution in [0.15, 0.2) is 6.33 Å². The molecule has 0 amide bonds. The molecular formula is C17H28N6. The van der Waals surface area contributed by atoms with Crippen molar-refractivity contribution in [3.05, 3.63) is 17.6 Å². The summed E-state index contributed by atoms with van der Waals surface area (Å²) in [7, 11) is 0. The standard InChI is InChI=1S/C17H28N6/c1-14-15(2)21-23-13-19-20-17(23)16(14)18-9-5-8-12-22-10-6-3-4-7-11-22/h13,18H,3-12H2,1-2H3. The predicted molar refractivity (Wildman–Crippen MR) is 92.9 cm³/mol. The number of aromatic nitrogens is 4. The number of unbranched alkanes of at least 4 members (excludes halogenated alkanes) is 1. The molecule has 1 N–H and O–H groups in total. The van der Waals surface area contributed by atoms with Gasteiger partial charge in [0.1, 0.15) is 6.33 Å². The van der Waals surface area contributed by atoms with Crippen LogP contribution in [-0.4, -0.2) is 50.9 Å². The molecule has 0 unspecified atom stereocenters. The van der Waals surface area contributed by atoms with Crippen LogP contribution in [0.5, 0.6) is 0 Å². The van der Waals surface area contributed by atoms with Crippen LogP contribution >= 0.6 is 0 Å². The molecule has 6 heteroatoms. The van der Waals surface area contributed by atoms with Crippen molar-refractivity contribution < 1.29 is 0 Å².